The molecule has 20 heavy (non-hydrogen) atoms. The molecule has 2 atom stereocenters. The minimum absolute atomic E-state index is 0.0183. The van der Waals surface area contributed by atoms with Crippen LogP contribution in [0.4, 0.5) is 0 Å². The summed E-state index contributed by atoms with van der Waals surface area (Å²) in [7, 11) is -3.50. The van der Waals surface area contributed by atoms with Gasteiger partial charge in [0.1, 0.15) is 0 Å². The predicted molar refractivity (Wildman–Crippen MR) is 84.0 cm³/mol. The number of nitrogens with one attached hydrogen (secondary N) is 2. The van der Waals surface area contributed by atoms with Crippen LogP contribution in [-0.2, 0) is 10.0 Å². The minimum Gasteiger partial charge on any atom is -0.314 e. The van der Waals surface area contributed by atoms with Crippen molar-refractivity contribution in [2.75, 3.05) is 12.8 Å². The third-order valence-corrected chi connectivity index (χ3v) is 6.12. The molecule has 0 bridgehead atoms. The zero-order chi connectivity index (χ0) is 14.8. The van der Waals surface area contributed by atoms with Crippen molar-refractivity contribution in [3.05, 3.63) is 23.2 Å². The molecule has 0 aliphatic carbocycles. The highest BCUT2D eigenvalue weighted by Gasteiger charge is 2.24. The van der Waals surface area contributed by atoms with E-state index < -0.39 is 10.0 Å². The summed E-state index contributed by atoms with van der Waals surface area (Å²) in [5.74, 6) is 0. The van der Waals surface area contributed by atoms with Crippen molar-refractivity contribution in [1.29, 1.82) is 0 Å². The zero-order valence-corrected chi connectivity index (χ0v) is 13.9. The summed E-state index contributed by atoms with van der Waals surface area (Å²) >= 11 is 7.57. The second-order valence-electron chi connectivity index (χ2n) is 4.99. The molecule has 1 aliphatic heterocycles. The van der Waals surface area contributed by atoms with Gasteiger partial charge in [-0.25, -0.2) is 13.1 Å². The first kappa shape index (κ1) is 16.1. The Kier molecular flexibility index (Phi) is 5.36. The molecule has 1 fully saturated rings. The fraction of sp³-hybridized carbons (Fsp3) is 0.538. The Labute approximate surface area is 129 Å². The van der Waals surface area contributed by atoms with Gasteiger partial charge in [-0.1, -0.05) is 11.6 Å². The normalized spacial score (nSPS) is 23.8. The highest BCUT2D eigenvalue weighted by Crippen LogP contribution is 2.28. The van der Waals surface area contributed by atoms with Gasteiger partial charge in [-0.3, -0.25) is 0 Å². The van der Waals surface area contributed by atoms with Crippen molar-refractivity contribution in [3.63, 3.8) is 0 Å². The molecule has 4 nitrogen and oxygen atoms in total. The van der Waals surface area contributed by atoms with Crippen LogP contribution in [0.2, 0.25) is 5.02 Å². The van der Waals surface area contributed by atoms with E-state index in [0.29, 0.717) is 11.1 Å². The Bertz CT molecular complexity index is 578. The molecular formula is C13H19ClN2O2S2. The van der Waals surface area contributed by atoms with E-state index in [1.807, 2.05) is 6.26 Å². The Morgan fingerprint density at radius 3 is 2.80 bits per heavy atom. The number of piperidine rings is 1. The number of hydrogen-bond donors (Lipinski definition) is 2. The summed E-state index contributed by atoms with van der Waals surface area (Å²) in [6.45, 7) is 2.89. The van der Waals surface area contributed by atoms with Gasteiger partial charge in [0.2, 0.25) is 10.0 Å². The quantitative estimate of drug-likeness (QED) is 0.831. The highest BCUT2D eigenvalue weighted by molar-refractivity contribution is 7.98. The molecule has 0 aromatic heterocycles. The molecule has 2 N–H and O–H groups in total. The third-order valence-electron chi connectivity index (χ3n) is 3.38. The summed E-state index contributed by atoms with van der Waals surface area (Å²) in [6.07, 6.45) is 3.51. The van der Waals surface area contributed by atoms with E-state index in [0.717, 1.165) is 24.3 Å². The molecule has 2 rings (SSSR count). The molecule has 1 aromatic carbocycles. The van der Waals surface area contributed by atoms with Crippen molar-refractivity contribution in [1.82, 2.24) is 10.0 Å². The van der Waals surface area contributed by atoms with Crippen LogP contribution in [0.3, 0.4) is 0 Å². The van der Waals surface area contributed by atoms with Crippen LogP contribution in [-0.4, -0.2) is 33.3 Å². The van der Waals surface area contributed by atoms with Crippen LogP contribution >= 0.6 is 23.4 Å². The van der Waals surface area contributed by atoms with Crippen molar-refractivity contribution in [3.8, 4) is 0 Å². The average Bonchev–Trinajstić information content (AvgIpc) is 2.38. The Morgan fingerprint density at radius 1 is 1.45 bits per heavy atom. The van der Waals surface area contributed by atoms with Gasteiger partial charge in [-0.05, 0) is 50.8 Å². The Balaban J connectivity index is 2.15. The van der Waals surface area contributed by atoms with Gasteiger partial charge < -0.3 is 5.32 Å². The molecule has 0 spiro atoms. The van der Waals surface area contributed by atoms with Crippen molar-refractivity contribution in [2.24, 2.45) is 0 Å². The molecule has 1 saturated heterocycles. The number of benzene rings is 1. The van der Waals surface area contributed by atoms with E-state index in [1.54, 1.807) is 12.1 Å². The van der Waals surface area contributed by atoms with E-state index >= 15 is 0 Å². The summed E-state index contributed by atoms with van der Waals surface area (Å²) in [5, 5.41) is 3.77. The second kappa shape index (κ2) is 6.66. The largest absolute Gasteiger partial charge is 0.314 e. The first-order chi connectivity index (χ1) is 9.42. The van der Waals surface area contributed by atoms with E-state index in [4.69, 9.17) is 11.6 Å². The fourth-order valence-electron chi connectivity index (χ4n) is 2.34. The van der Waals surface area contributed by atoms with Crippen molar-refractivity contribution >= 4 is 33.4 Å². The maximum atomic E-state index is 12.4. The number of sulfonamides is 1. The summed E-state index contributed by atoms with van der Waals surface area (Å²) in [6, 6.07) is 5.17. The van der Waals surface area contributed by atoms with Crippen LogP contribution in [0.5, 0.6) is 0 Å². The lowest BCUT2D eigenvalue weighted by Gasteiger charge is -2.28. The maximum Gasteiger partial charge on any atom is 0.240 e. The highest BCUT2D eigenvalue weighted by atomic mass is 35.5. The van der Waals surface area contributed by atoms with Gasteiger partial charge >= 0.3 is 0 Å². The molecular weight excluding hydrogens is 316 g/mol. The van der Waals surface area contributed by atoms with E-state index in [2.05, 4.69) is 17.0 Å². The van der Waals surface area contributed by atoms with Crippen LogP contribution in [0, 0.1) is 0 Å². The van der Waals surface area contributed by atoms with Gasteiger partial charge in [-0.2, -0.15) is 0 Å². The van der Waals surface area contributed by atoms with Gasteiger partial charge in [0, 0.05) is 17.0 Å². The number of hydrogen-bond acceptors (Lipinski definition) is 4. The van der Waals surface area contributed by atoms with Crippen LogP contribution < -0.4 is 10.0 Å². The molecule has 1 aliphatic rings. The lowest BCUT2D eigenvalue weighted by atomic mass is 10.0. The van der Waals surface area contributed by atoms with Crippen molar-refractivity contribution < 1.29 is 8.42 Å². The summed E-state index contributed by atoms with van der Waals surface area (Å²) < 4.78 is 27.5. The van der Waals surface area contributed by atoms with E-state index in [9.17, 15) is 8.42 Å². The average molecular weight is 335 g/mol. The van der Waals surface area contributed by atoms with Gasteiger partial charge in [-0.15, -0.1) is 11.8 Å². The van der Waals surface area contributed by atoms with E-state index in [1.165, 1.54) is 17.8 Å². The molecule has 0 radical (unpaired) electrons. The Hall–Kier alpha value is -0.270. The second-order valence-corrected chi connectivity index (χ2v) is 7.96. The first-order valence-corrected chi connectivity index (χ1v) is 9.60. The molecule has 2 unspecified atom stereocenters. The lowest BCUT2D eigenvalue weighted by molar-refractivity contribution is 0.361. The standard InChI is InChI=1S/C13H19ClN2O2S2/c1-9-7-10(5-6-15-9)16-20(17,18)11-3-4-13(19-2)12(14)8-11/h3-4,8-10,15-16H,5-7H2,1-2H3. The summed E-state index contributed by atoms with van der Waals surface area (Å²) in [5.41, 5.74) is 0. The van der Waals surface area contributed by atoms with Gasteiger partial charge in [0.25, 0.3) is 0 Å². The predicted octanol–water partition coefficient (Wildman–Crippen LogP) is 2.48. The monoisotopic (exact) mass is 334 g/mol. The van der Waals surface area contributed by atoms with Crippen LogP contribution in [0.25, 0.3) is 0 Å². The number of rotatable bonds is 4. The lowest BCUT2D eigenvalue weighted by Crippen LogP contribution is -2.46. The van der Waals surface area contributed by atoms with Gasteiger partial charge in [0.15, 0.2) is 0 Å². The molecule has 1 heterocycles. The number of halogens is 1. The third kappa shape index (κ3) is 3.89. The Morgan fingerprint density at radius 2 is 2.20 bits per heavy atom. The summed E-state index contributed by atoms with van der Waals surface area (Å²) in [4.78, 5) is 1.10. The molecule has 7 heteroatoms. The van der Waals surface area contributed by atoms with Crippen molar-refractivity contribution in [2.45, 2.75) is 41.6 Å². The smallest absolute Gasteiger partial charge is 0.240 e. The molecule has 0 saturated carbocycles. The van der Waals surface area contributed by atoms with E-state index in [-0.39, 0.29) is 10.9 Å². The number of thioether (sulfide) groups is 1. The van der Waals surface area contributed by atoms with Crippen LogP contribution in [0.1, 0.15) is 19.8 Å². The zero-order valence-electron chi connectivity index (χ0n) is 11.5. The minimum atomic E-state index is -3.50. The van der Waals surface area contributed by atoms with Crippen LogP contribution in [0.15, 0.2) is 28.0 Å². The maximum absolute atomic E-state index is 12.4. The molecule has 112 valence electrons. The topological polar surface area (TPSA) is 58.2 Å². The van der Waals surface area contributed by atoms with Gasteiger partial charge in [0.05, 0.1) is 9.92 Å². The first-order valence-electron chi connectivity index (χ1n) is 6.51. The molecule has 1 aromatic rings. The molecule has 0 amide bonds. The fourth-order valence-corrected chi connectivity index (χ4v) is 4.58. The SMILES string of the molecule is CSc1ccc(S(=O)(=O)NC2CCNC(C)C2)cc1Cl.